The molecule has 86 valence electrons. The molecule has 0 aliphatic heterocycles. The van der Waals surface area contributed by atoms with Gasteiger partial charge >= 0.3 is 21.2 Å². The molecule has 0 bridgehead atoms. The van der Waals surface area contributed by atoms with E-state index in [1.54, 1.807) is 7.11 Å². The fourth-order valence-corrected chi connectivity index (χ4v) is 3.52. The highest BCUT2D eigenvalue weighted by atomic mass is 127. The highest BCUT2D eigenvalue weighted by molar-refractivity contribution is 5.74. The zero-order valence-corrected chi connectivity index (χ0v) is 11.5. The number of carbonyl (C=O) groups is 1. The summed E-state index contributed by atoms with van der Waals surface area (Å²) in [5.41, 5.74) is 0.729. The second-order valence-electron chi connectivity index (χ2n) is 3.42. The van der Waals surface area contributed by atoms with Crippen molar-refractivity contribution in [1.29, 1.82) is 0 Å². The largest absolute Gasteiger partial charge is 0.497 e. The SMILES string of the molecule is COc1ccc([I+]c2ccc(C=O)cc2)cc1. The van der Waals surface area contributed by atoms with Gasteiger partial charge in [0.05, 0.1) is 7.11 Å². The first-order chi connectivity index (χ1) is 8.31. The number of ether oxygens (including phenoxy) is 1. The highest BCUT2D eigenvalue weighted by Crippen LogP contribution is 2.06. The fraction of sp³-hybridized carbons (Fsp3) is 0.0714. The lowest BCUT2D eigenvalue weighted by molar-refractivity contribution is -0.597. The Bertz CT molecular complexity index is 489. The van der Waals surface area contributed by atoms with Crippen molar-refractivity contribution in [3.63, 3.8) is 0 Å². The monoisotopic (exact) mass is 339 g/mol. The van der Waals surface area contributed by atoms with Gasteiger partial charge in [-0.25, -0.2) is 0 Å². The number of rotatable bonds is 4. The Hall–Kier alpha value is -1.36. The minimum atomic E-state index is -0.179. The summed E-state index contributed by atoms with van der Waals surface area (Å²) in [4.78, 5) is 10.5. The molecule has 0 atom stereocenters. The molecule has 0 spiro atoms. The Balaban J connectivity index is 2.10. The lowest BCUT2D eigenvalue weighted by Crippen LogP contribution is -3.61. The average Bonchev–Trinajstić information content (AvgIpc) is 2.40. The molecular formula is C14H12IO2+. The standard InChI is InChI=1S/C14H12IO2/c1-17-14-8-6-13(7-9-14)15-12-4-2-11(10-16)3-5-12/h2-10H,1H3/q+1. The summed E-state index contributed by atoms with van der Waals surface area (Å²) in [6, 6.07) is 15.9. The third-order valence-electron chi connectivity index (χ3n) is 2.27. The molecule has 2 aromatic rings. The summed E-state index contributed by atoms with van der Waals surface area (Å²) in [6.45, 7) is 0. The predicted octanol–water partition coefficient (Wildman–Crippen LogP) is -0.364. The van der Waals surface area contributed by atoms with Crippen molar-refractivity contribution < 1.29 is 30.7 Å². The molecular weight excluding hydrogens is 327 g/mol. The lowest BCUT2D eigenvalue weighted by atomic mass is 10.2. The highest BCUT2D eigenvalue weighted by Gasteiger charge is 2.14. The normalized spacial score (nSPS) is 9.94. The van der Waals surface area contributed by atoms with Gasteiger partial charge < -0.3 is 4.74 Å². The molecule has 2 rings (SSSR count). The maximum Gasteiger partial charge on any atom is 0.357 e. The van der Waals surface area contributed by atoms with E-state index < -0.39 is 0 Å². The van der Waals surface area contributed by atoms with Gasteiger partial charge in [-0.3, -0.25) is 4.79 Å². The van der Waals surface area contributed by atoms with Crippen LogP contribution in [0, 0.1) is 7.14 Å². The van der Waals surface area contributed by atoms with Gasteiger partial charge in [-0.1, -0.05) is 0 Å². The quantitative estimate of drug-likeness (QED) is 0.562. The third-order valence-corrected chi connectivity index (χ3v) is 4.96. The summed E-state index contributed by atoms with van der Waals surface area (Å²) >= 11 is -0.179. The molecule has 3 heteroatoms. The molecule has 0 amide bonds. The van der Waals surface area contributed by atoms with Crippen molar-refractivity contribution >= 4 is 6.29 Å². The van der Waals surface area contributed by atoms with Crippen LogP contribution < -0.4 is 25.9 Å². The van der Waals surface area contributed by atoms with E-state index in [1.165, 1.54) is 7.14 Å². The van der Waals surface area contributed by atoms with Gasteiger partial charge in [0.2, 0.25) is 0 Å². The Morgan fingerprint density at radius 2 is 1.47 bits per heavy atom. The summed E-state index contributed by atoms with van der Waals surface area (Å²) in [7, 11) is 1.67. The molecule has 2 nitrogen and oxygen atoms in total. The van der Waals surface area contributed by atoms with Crippen molar-refractivity contribution in [3.8, 4) is 5.75 Å². The van der Waals surface area contributed by atoms with Crippen molar-refractivity contribution in [2.24, 2.45) is 0 Å². The van der Waals surface area contributed by atoms with E-state index in [0.29, 0.717) is 0 Å². The number of hydrogen-bond acceptors (Lipinski definition) is 2. The van der Waals surface area contributed by atoms with Crippen LogP contribution in [0.5, 0.6) is 5.75 Å². The third kappa shape index (κ3) is 3.30. The van der Waals surface area contributed by atoms with Gasteiger partial charge in [-0.05, 0) is 48.5 Å². The lowest BCUT2D eigenvalue weighted by Gasteiger charge is -1.95. The van der Waals surface area contributed by atoms with Crippen molar-refractivity contribution in [1.82, 2.24) is 0 Å². The van der Waals surface area contributed by atoms with Crippen LogP contribution in [0.2, 0.25) is 0 Å². The first-order valence-corrected chi connectivity index (χ1v) is 7.31. The molecule has 0 aromatic heterocycles. The van der Waals surface area contributed by atoms with Gasteiger partial charge in [0, 0.05) is 5.56 Å². The van der Waals surface area contributed by atoms with Crippen LogP contribution >= 0.6 is 0 Å². The Kier molecular flexibility index (Phi) is 4.14. The van der Waals surface area contributed by atoms with E-state index in [2.05, 4.69) is 12.1 Å². The van der Waals surface area contributed by atoms with Crippen LogP contribution in [0.4, 0.5) is 0 Å². The van der Waals surface area contributed by atoms with Crippen molar-refractivity contribution in [2.45, 2.75) is 0 Å². The Labute approximate surface area is 111 Å². The molecule has 17 heavy (non-hydrogen) atoms. The smallest absolute Gasteiger partial charge is 0.357 e. The molecule has 0 radical (unpaired) electrons. The summed E-state index contributed by atoms with van der Waals surface area (Å²) < 4.78 is 7.76. The molecule has 0 heterocycles. The zero-order chi connectivity index (χ0) is 12.1. The molecule has 0 saturated carbocycles. The molecule has 0 aliphatic rings. The molecule has 0 saturated heterocycles. The van der Waals surface area contributed by atoms with Gasteiger partial charge in [0.1, 0.15) is 12.0 Å². The zero-order valence-electron chi connectivity index (χ0n) is 9.39. The molecule has 0 unspecified atom stereocenters. The van der Waals surface area contributed by atoms with Gasteiger partial charge in [-0.15, -0.1) is 0 Å². The van der Waals surface area contributed by atoms with E-state index in [-0.39, 0.29) is 21.2 Å². The van der Waals surface area contributed by atoms with Gasteiger partial charge in [0.25, 0.3) is 0 Å². The minimum Gasteiger partial charge on any atom is -0.497 e. The molecule has 0 aliphatic carbocycles. The molecule has 0 N–H and O–H groups in total. The second-order valence-corrected chi connectivity index (χ2v) is 6.45. The summed E-state index contributed by atoms with van der Waals surface area (Å²) in [6.07, 6.45) is 0.871. The first kappa shape index (κ1) is 12.1. The van der Waals surface area contributed by atoms with Gasteiger partial charge in [0.15, 0.2) is 7.14 Å². The number of methoxy groups -OCH3 is 1. The van der Waals surface area contributed by atoms with Crippen LogP contribution in [0.25, 0.3) is 0 Å². The molecule has 0 fully saturated rings. The van der Waals surface area contributed by atoms with Gasteiger partial charge in [-0.2, -0.15) is 0 Å². The van der Waals surface area contributed by atoms with Crippen LogP contribution in [0.15, 0.2) is 48.5 Å². The maximum absolute atomic E-state index is 10.5. The number of carbonyl (C=O) groups excluding carboxylic acids is 1. The van der Waals surface area contributed by atoms with Crippen LogP contribution in [-0.2, 0) is 0 Å². The molecule has 2 aromatic carbocycles. The second kappa shape index (κ2) is 5.82. The number of hydrogen-bond donors (Lipinski definition) is 0. The van der Waals surface area contributed by atoms with E-state index in [0.717, 1.165) is 17.6 Å². The number of benzene rings is 2. The summed E-state index contributed by atoms with van der Waals surface area (Å²) in [5.74, 6) is 0.883. The van der Waals surface area contributed by atoms with Crippen LogP contribution in [-0.4, -0.2) is 13.4 Å². The first-order valence-electron chi connectivity index (χ1n) is 5.16. The minimum absolute atomic E-state index is 0.179. The van der Waals surface area contributed by atoms with Crippen LogP contribution in [0.3, 0.4) is 0 Å². The summed E-state index contributed by atoms with van der Waals surface area (Å²) in [5, 5.41) is 0. The maximum atomic E-state index is 10.5. The van der Waals surface area contributed by atoms with E-state index in [1.807, 2.05) is 36.4 Å². The van der Waals surface area contributed by atoms with E-state index in [9.17, 15) is 4.79 Å². The number of aldehydes is 1. The number of halogens is 1. The van der Waals surface area contributed by atoms with Crippen molar-refractivity contribution in [3.05, 3.63) is 61.2 Å². The Morgan fingerprint density at radius 1 is 0.941 bits per heavy atom. The average molecular weight is 339 g/mol. The topological polar surface area (TPSA) is 26.3 Å². The predicted molar refractivity (Wildman–Crippen MR) is 62.2 cm³/mol. The van der Waals surface area contributed by atoms with E-state index >= 15 is 0 Å². The fourth-order valence-electron chi connectivity index (χ4n) is 1.36. The Morgan fingerprint density at radius 3 is 1.94 bits per heavy atom. The van der Waals surface area contributed by atoms with E-state index in [4.69, 9.17) is 4.74 Å². The van der Waals surface area contributed by atoms with Crippen molar-refractivity contribution in [2.75, 3.05) is 7.11 Å². The van der Waals surface area contributed by atoms with Crippen LogP contribution in [0.1, 0.15) is 10.4 Å².